The molecule has 2 heterocycles. The van der Waals surface area contributed by atoms with Gasteiger partial charge in [0, 0.05) is 11.6 Å². The lowest BCUT2D eigenvalue weighted by molar-refractivity contribution is -0.125. The average Bonchev–Trinajstić information content (AvgIpc) is 3.17. The molecule has 0 bridgehead atoms. The van der Waals surface area contributed by atoms with Gasteiger partial charge in [0.1, 0.15) is 29.2 Å². The monoisotopic (exact) mass is 410 g/mol. The number of amides is 2. The molecular weight excluding hydrogens is 391 g/mol. The maximum Gasteiger partial charge on any atom is 0.249 e. The minimum atomic E-state index is -0.852. The average molecular weight is 410 g/mol. The summed E-state index contributed by atoms with van der Waals surface area (Å²) >= 11 is 0. The van der Waals surface area contributed by atoms with Crippen LogP contribution in [0, 0.1) is 5.82 Å². The molecule has 154 valence electrons. The number of hydrogen-bond donors (Lipinski definition) is 2. The lowest BCUT2D eigenvalue weighted by atomic mass is 10.1. The van der Waals surface area contributed by atoms with Crippen molar-refractivity contribution in [1.82, 2.24) is 9.78 Å². The Morgan fingerprint density at radius 2 is 1.97 bits per heavy atom. The first-order chi connectivity index (χ1) is 14.5. The number of ether oxygens (including phenoxy) is 2. The number of nitrogens with one attached hydrogen (secondary N) is 2. The number of nitrogens with zero attached hydrogens (tertiary/aromatic N) is 2. The second-order valence-electron chi connectivity index (χ2n) is 6.68. The highest BCUT2D eigenvalue weighted by atomic mass is 19.1. The van der Waals surface area contributed by atoms with E-state index in [1.807, 2.05) is 0 Å². The first kappa shape index (κ1) is 19.4. The van der Waals surface area contributed by atoms with E-state index >= 15 is 0 Å². The van der Waals surface area contributed by atoms with E-state index < -0.39 is 11.9 Å². The largest absolute Gasteiger partial charge is 0.497 e. The van der Waals surface area contributed by atoms with Gasteiger partial charge in [-0.15, -0.1) is 0 Å². The van der Waals surface area contributed by atoms with Crippen LogP contribution in [0.5, 0.6) is 11.5 Å². The quantitative estimate of drug-likeness (QED) is 0.674. The van der Waals surface area contributed by atoms with Crippen molar-refractivity contribution in [3.8, 4) is 22.6 Å². The third-order valence-corrected chi connectivity index (χ3v) is 4.85. The third-order valence-electron chi connectivity index (χ3n) is 4.85. The van der Waals surface area contributed by atoms with Crippen LogP contribution < -0.4 is 20.1 Å². The molecule has 1 unspecified atom stereocenters. The summed E-state index contributed by atoms with van der Waals surface area (Å²) in [4.78, 5) is 25.3. The highest BCUT2D eigenvalue weighted by molar-refractivity contribution is 6.03. The van der Waals surface area contributed by atoms with Crippen LogP contribution in [0.25, 0.3) is 11.1 Å². The number of hydrogen-bond acceptors (Lipinski definition) is 5. The molecule has 1 atom stereocenters. The summed E-state index contributed by atoms with van der Waals surface area (Å²) in [5, 5.41) is 9.85. The highest BCUT2D eigenvalue weighted by Crippen LogP contribution is 2.35. The molecule has 3 aromatic rings. The Morgan fingerprint density at radius 3 is 2.67 bits per heavy atom. The fraction of sp³-hybridized carbons (Fsp3) is 0.190. The molecule has 0 aliphatic carbocycles. The number of rotatable bonds is 5. The topological polar surface area (TPSA) is 94.5 Å². The second kappa shape index (κ2) is 7.86. The van der Waals surface area contributed by atoms with E-state index in [1.165, 1.54) is 31.0 Å². The van der Waals surface area contributed by atoms with Gasteiger partial charge in [-0.25, -0.2) is 9.07 Å². The Morgan fingerprint density at radius 1 is 1.20 bits per heavy atom. The van der Waals surface area contributed by atoms with Gasteiger partial charge in [-0.2, -0.15) is 5.10 Å². The van der Waals surface area contributed by atoms with E-state index in [0.29, 0.717) is 34.1 Å². The van der Waals surface area contributed by atoms with Gasteiger partial charge in [-0.1, -0.05) is 12.1 Å². The molecule has 2 amide bonds. The van der Waals surface area contributed by atoms with Crippen molar-refractivity contribution >= 4 is 23.3 Å². The maximum atomic E-state index is 13.3. The van der Waals surface area contributed by atoms with Gasteiger partial charge in [0.25, 0.3) is 0 Å². The van der Waals surface area contributed by atoms with Gasteiger partial charge < -0.3 is 20.1 Å². The molecule has 30 heavy (non-hydrogen) atoms. The molecule has 0 saturated carbocycles. The zero-order chi connectivity index (χ0) is 21.3. The molecule has 0 fully saturated rings. The molecule has 0 saturated heterocycles. The number of halogens is 1. The maximum absolute atomic E-state index is 13.3. The SMILES string of the molecule is COc1ccc(NC(=O)C2CC(=O)Nc3c(-c4ccc(F)cc4)cnn32)c(OC)c1. The Balaban J connectivity index is 1.64. The van der Waals surface area contributed by atoms with Crippen molar-refractivity contribution in [2.24, 2.45) is 0 Å². The van der Waals surface area contributed by atoms with Crippen LogP contribution in [-0.4, -0.2) is 35.8 Å². The van der Waals surface area contributed by atoms with Gasteiger partial charge in [-0.05, 0) is 29.8 Å². The summed E-state index contributed by atoms with van der Waals surface area (Å²) < 4.78 is 25.2. The van der Waals surface area contributed by atoms with E-state index in [2.05, 4.69) is 15.7 Å². The van der Waals surface area contributed by atoms with Crippen molar-refractivity contribution in [2.45, 2.75) is 12.5 Å². The van der Waals surface area contributed by atoms with Crippen LogP contribution in [-0.2, 0) is 9.59 Å². The van der Waals surface area contributed by atoms with Crippen LogP contribution >= 0.6 is 0 Å². The second-order valence-corrected chi connectivity index (χ2v) is 6.68. The van der Waals surface area contributed by atoms with Crippen molar-refractivity contribution in [2.75, 3.05) is 24.9 Å². The molecule has 2 aromatic carbocycles. The van der Waals surface area contributed by atoms with Crippen LogP contribution in [0.1, 0.15) is 12.5 Å². The summed E-state index contributed by atoms with van der Waals surface area (Å²) in [6, 6.07) is 9.97. The molecule has 0 spiro atoms. The molecule has 1 aliphatic heterocycles. The number of carbonyl (C=O) groups excluding carboxylic acids is 2. The van der Waals surface area contributed by atoms with E-state index in [9.17, 15) is 14.0 Å². The van der Waals surface area contributed by atoms with Gasteiger partial charge >= 0.3 is 0 Å². The molecule has 0 radical (unpaired) electrons. The summed E-state index contributed by atoms with van der Waals surface area (Å²) in [7, 11) is 3.02. The minimum absolute atomic E-state index is 0.0676. The predicted octanol–water partition coefficient (Wildman–Crippen LogP) is 3.23. The molecule has 8 nitrogen and oxygen atoms in total. The van der Waals surface area contributed by atoms with E-state index in [-0.39, 0.29) is 18.1 Å². The normalized spacial score (nSPS) is 15.2. The lowest BCUT2D eigenvalue weighted by Crippen LogP contribution is -2.35. The van der Waals surface area contributed by atoms with Crippen molar-refractivity contribution in [1.29, 1.82) is 0 Å². The lowest BCUT2D eigenvalue weighted by Gasteiger charge is -2.25. The summed E-state index contributed by atoms with van der Waals surface area (Å²) in [5.74, 6) is 0.307. The number of benzene rings is 2. The van der Waals surface area contributed by atoms with Crippen molar-refractivity contribution in [3.05, 3.63) is 54.5 Å². The smallest absolute Gasteiger partial charge is 0.249 e. The highest BCUT2D eigenvalue weighted by Gasteiger charge is 2.33. The minimum Gasteiger partial charge on any atom is -0.497 e. The first-order valence-corrected chi connectivity index (χ1v) is 9.16. The molecule has 4 rings (SSSR count). The van der Waals surface area contributed by atoms with Gasteiger partial charge in [0.15, 0.2) is 0 Å². The van der Waals surface area contributed by atoms with E-state index in [4.69, 9.17) is 9.47 Å². The zero-order valence-corrected chi connectivity index (χ0v) is 16.3. The standard InChI is InChI=1S/C21H19FN4O4/c1-29-14-7-8-16(18(9-14)30-2)24-21(28)17-10-19(27)25-20-15(11-23-26(17)20)12-3-5-13(22)6-4-12/h3-9,11,17H,10H2,1-2H3,(H,24,28)(H,25,27). The Bertz CT molecular complexity index is 1110. The summed E-state index contributed by atoms with van der Waals surface area (Å²) in [6.45, 7) is 0. The third kappa shape index (κ3) is 3.57. The Labute approximate surface area is 171 Å². The number of anilines is 2. The first-order valence-electron chi connectivity index (χ1n) is 9.16. The predicted molar refractivity (Wildman–Crippen MR) is 108 cm³/mol. The van der Waals surface area contributed by atoms with Crippen molar-refractivity contribution in [3.63, 3.8) is 0 Å². The van der Waals surface area contributed by atoms with Crippen LogP contribution in [0.15, 0.2) is 48.7 Å². The van der Waals surface area contributed by atoms with Crippen LogP contribution in [0.4, 0.5) is 15.9 Å². The van der Waals surface area contributed by atoms with Crippen molar-refractivity contribution < 1.29 is 23.5 Å². The fourth-order valence-electron chi connectivity index (χ4n) is 3.33. The van der Waals surface area contributed by atoms with Gasteiger partial charge in [-0.3, -0.25) is 9.59 Å². The number of carbonyl (C=O) groups is 2. The molecule has 9 heteroatoms. The number of methoxy groups -OCH3 is 2. The summed E-state index contributed by atoms with van der Waals surface area (Å²) in [5.41, 5.74) is 1.72. The molecule has 2 N–H and O–H groups in total. The van der Waals surface area contributed by atoms with Crippen LogP contribution in [0.2, 0.25) is 0 Å². The number of aromatic nitrogens is 2. The Kier molecular flexibility index (Phi) is 5.09. The van der Waals surface area contributed by atoms with Gasteiger partial charge in [0.05, 0.1) is 32.5 Å². The fourth-order valence-corrected chi connectivity index (χ4v) is 3.33. The van der Waals surface area contributed by atoms with Gasteiger partial charge in [0.2, 0.25) is 11.8 Å². The van der Waals surface area contributed by atoms with E-state index in [1.54, 1.807) is 36.5 Å². The molecular formula is C21H19FN4O4. The zero-order valence-electron chi connectivity index (χ0n) is 16.3. The summed E-state index contributed by atoms with van der Waals surface area (Å²) in [6.07, 6.45) is 1.48. The number of fused-ring (bicyclic) bond motifs is 1. The Hall–Kier alpha value is -3.88. The van der Waals surface area contributed by atoms with Crippen LogP contribution in [0.3, 0.4) is 0 Å². The molecule has 1 aliphatic rings. The van der Waals surface area contributed by atoms with E-state index in [0.717, 1.165) is 0 Å². The molecule has 1 aromatic heterocycles.